The van der Waals surface area contributed by atoms with E-state index in [0.29, 0.717) is 5.69 Å². The van der Waals surface area contributed by atoms with Gasteiger partial charge in [-0.15, -0.1) is 0 Å². The van der Waals surface area contributed by atoms with E-state index in [1.54, 1.807) is 0 Å². The Balaban J connectivity index is 2.62. The standard InChI is InChI=1S/C18H28N2O3/c1-11(2)15(21)18(5,6)10-19-16(22)17(23)20-14-8-12(3)7-13(4)9-14/h7-9,11,15,21H,10H2,1-6H3,(H,19,22)(H,20,23). The summed E-state index contributed by atoms with van der Waals surface area (Å²) in [5.41, 5.74) is 2.12. The molecule has 1 aromatic carbocycles. The van der Waals surface area contributed by atoms with Crippen LogP contribution in [0.4, 0.5) is 5.69 Å². The fraction of sp³-hybridized carbons (Fsp3) is 0.556. The first-order chi connectivity index (χ1) is 10.5. The van der Waals surface area contributed by atoms with Crippen molar-refractivity contribution in [1.82, 2.24) is 5.32 Å². The summed E-state index contributed by atoms with van der Waals surface area (Å²) in [7, 11) is 0. The Morgan fingerprint density at radius 3 is 2.09 bits per heavy atom. The second-order valence-electron chi connectivity index (χ2n) is 7.19. The lowest BCUT2D eigenvalue weighted by Crippen LogP contribution is -2.46. The molecule has 0 aliphatic heterocycles. The van der Waals surface area contributed by atoms with Crippen molar-refractivity contribution in [3.63, 3.8) is 0 Å². The number of carbonyl (C=O) groups is 2. The summed E-state index contributed by atoms with van der Waals surface area (Å²) in [5.74, 6) is -1.33. The van der Waals surface area contributed by atoms with Gasteiger partial charge in [-0.05, 0) is 43.0 Å². The van der Waals surface area contributed by atoms with Crippen LogP contribution in [0.5, 0.6) is 0 Å². The van der Waals surface area contributed by atoms with Crippen molar-refractivity contribution >= 4 is 17.5 Å². The smallest absolute Gasteiger partial charge is 0.313 e. The largest absolute Gasteiger partial charge is 0.392 e. The van der Waals surface area contributed by atoms with Crippen LogP contribution in [0.15, 0.2) is 18.2 Å². The molecule has 5 heteroatoms. The molecule has 0 bridgehead atoms. The van der Waals surface area contributed by atoms with Crippen molar-refractivity contribution in [3.05, 3.63) is 29.3 Å². The van der Waals surface area contributed by atoms with Gasteiger partial charge in [0.05, 0.1) is 6.10 Å². The van der Waals surface area contributed by atoms with Gasteiger partial charge in [-0.3, -0.25) is 9.59 Å². The highest BCUT2D eigenvalue weighted by atomic mass is 16.3. The van der Waals surface area contributed by atoms with Gasteiger partial charge in [0.2, 0.25) is 0 Å². The highest BCUT2D eigenvalue weighted by Crippen LogP contribution is 2.25. The summed E-state index contributed by atoms with van der Waals surface area (Å²) < 4.78 is 0. The maximum Gasteiger partial charge on any atom is 0.313 e. The Labute approximate surface area is 138 Å². The molecular formula is C18H28N2O3. The minimum absolute atomic E-state index is 0.0750. The van der Waals surface area contributed by atoms with Crippen LogP contribution in [0.2, 0.25) is 0 Å². The second kappa shape index (κ2) is 7.59. The minimum atomic E-state index is -0.704. The molecular weight excluding hydrogens is 292 g/mol. The van der Waals surface area contributed by atoms with Gasteiger partial charge in [-0.1, -0.05) is 33.8 Å². The average Bonchev–Trinajstić information content (AvgIpc) is 2.42. The molecule has 0 aromatic heterocycles. The lowest BCUT2D eigenvalue weighted by Gasteiger charge is -2.33. The second-order valence-corrected chi connectivity index (χ2v) is 7.19. The van der Waals surface area contributed by atoms with E-state index in [4.69, 9.17) is 0 Å². The van der Waals surface area contributed by atoms with E-state index < -0.39 is 23.3 Å². The van der Waals surface area contributed by atoms with E-state index in [2.05, 4.69) is 10.6 Å². The number of anilines is 1. The number of aliphatic hydroxyl groups is 1. The van der Waals surface area contributed by atoms with E-state index >= 15 is 0 Å². The fourth-order valence-electron chi connectivity index (χ4n) is 2.63. The van der Waals surface area contributed by atoms with Gasteiger partial charge in [0.25, 0.3) is 0 Å². The highest BCUT2D eigenvalue weighted by Gasteiger charge is 2.31. The molecule has 0 aliphatic rings. The minimum Gasteiger partial charge on any atom is -0.392 e. The monoisotopic (exact) mass is 320 g/mol. The van der Waals surface area contributed by atoms with Crippen molar-refractivity contribution in [2.24, 2.45) is 11.3 Å². The van der Waals surface area contributed by atoms with E-state index in [9.17, 15) is 14.7 Å². The summed E-state index contributed by atoms with van der Waals surface area (Å²) in [6, 6.07) is 5.61. The van der Waals surface area contributed by atoms with Crippen LogP contribution in [-0.2, 0) is 9.59 Å². The van der Waals surface area contributed by atoms with Gasteiger partial charge in [-0.25, -0.2) is 0 Å². The molecule has 1 rings (SSSR count). The quantitative estimate of drug-likeness (QED) is 0.729. The van der Waals surface area contributed by atoms with Crippen LogP contribution in [0.1, 0.15) is 38.8 Å². The molecule has 3 N–H and O–H groups in total. The van der Waals surface area contributed by atoms with Crippen molar-refractivity contribution in [3.8, 4) is 0 Å². The van der Waals surface area contributed by atoms with E-state index in [1.807, 2.05) is 59.7 Å². The zero-order valence-electron chi connectivity index (χ0n) is 14.9. The van der Waals surface area contributed by atoms with E-state index in [0.717, 1.165) is 11.1 Å². The summed E-state index contributed by atoms with van der Waals surface area (Å²) >= 11 is 0. The third kappa shape index (κ3) is 5.67. The van der Waals surface area contributed by atoms with Crippen molar-refractivity contribution in [2.45, 2.75) is 47.6 Å². The lowest BCUT2D eigenvalue weighted by molar-refractivity contribution is -0.136. The Kier molecular flexibility index (Phi) is 6.33. The number of hydrogen-bond acceptors (Lipinski definition) is 3. The Bertz CT molecular complexity index is 559. The molecule has 2 amide bonds. The van der Waals surface area contributed by atoms with Crippen LogP contribution in [0, 0.1) is 25.2 Å². The van der Waals surface area contributed by atoms with Gasteiger partial charge in [-0.2, -0.15) is 0 Å². The number of aryl methyl sites for hydroxylation is 2. The molecule has 0 saturated heterocycles. The number of rotatable bonds is 5. The molecule has 1 unspecified atom stereocenters. The predicted molar refractivity (Wildman–Crippen MR) is 92.2 cm³/mol. The summed E-state index contributed by atoms with van der Waals surface area (Å²) in [6.07, 6.45) is -0.565. The number of amides is 2. The number of benzene rings is 1. The third-order valence-corrected chi connectivity index (χ3v) is 3.82. The molecule has 1 atom stereocenters. The van der Waals surface area contributed by atoms with Crippen LogP contribution >= 0.6 is 0 Å². The fourth-order valence-corrected chi connectivity index (χ4v) is 2.63. The zero-order chi connectivity index (χ0) is 17.8. The molecule has 0 aliphatic carbocycles. The normalized spacial score (nSPS) is 12.9. The SMILES string of the molecule is Cc1cc(C)cc(NC(=O)C(=O)NCC(C)(C)C(O)C(C)C)c1. The number of carbonyl (C=O) groups excluding carboxylic acids is 2. The van der Waals surface area contributed by atoms with Gasteiger partial charge >= 0.3 is 11.8 Å². The Morgan fingerprint density at radius 2 is 1.61 bits per heavy atom. The summed E-state index contributed by atoms with van der Waals surface area (Å²) in [6.45, 7) is 11.6. The summed E-state index contributed by atoms with van der Waals surface area (Å²) in [5, 5.41) is 15.3. The molecule has 0 spiro atoms. The topological polar surface area (TPSA) is 78.4 Å². The molecule has 0 fully saturated rings. The van der Waals surface area contributed by atoms with Gasteiger partial charge in [0.15, 0.2) is 0 Å². The van der Waals surface area contributed by atoms with Crippen molar-refractivity contribution in [2.75, 3.05) is 11.9 Å². The molecule has 5 nitrogen and oxygen atoms in total. The van der Waals surface area contributed by atoms with E-state index in [1.165, 1.54) is 0 Å². The number of nitrogens with one attached hydrogen (secondary N) is 2. The molecule has 0 radical (unpaired) electrons. The van der Waals surface area contributed by atoms with Gasteiger partial charge in [0, 0.05) is 17.6 Å². The van der Waals surface area contributed by atoms with Crippen LogP contribution in [0.3, 0.4) is 0 Å². The first-order valence-corrected chi connectivity index (χ1v) is 7.88. The molecule has 128 valence electrons. The lowest BCUT2D eigenvalue weighted by atomic mass is 9.81. The Morgan fingerprint density at radius 1 is 1.09 bits per heavy atom. The number of aliphatic hydroxyl groups excluding tert-OH is 1. The molecule has 0 saturated carbocycles. The maximum atomic E-state index is 12.0. The first kappa shape index (κ1) is 19.2. The van der Waals surface area contributed by atoms with Gasteiger partial charge < -0.3 is 15.7 Å². The molecule has 0 heterocycles. The van der Waals surface area contributed by atoms with Crippen LogP contribution in [-0.4, -0.2) is 29.6 Å². The number of hydrogen-bond donors (Lipinski definition) is 3. The average molecular weight is 320 g/mol. The predicted octanol–water partition coefficient (Wildman–Crippen LogP) is 2.40. The van der Waals surface area contributed by atoms with Crippen LogP contribution in [0.25, 0.3) is 0 Å². The summed E-state index contributed by atoms with van der Waals surface area (Å²) in [4.78, 5) is 23.9. The van der Waals surface area contributed by atoms with Crippen molar-refractivity contribution in [1.29, 1.82) is 0 Å². The zero-order valence-corrected chi connectivity index (χ0v) is 14.9. The molecule has 1 aromatic rings. The van der Waals surface area contributed by atoms with Gasteiger partial charge in [0.1, 0.15) is 0 Å². The van der Waals surface area contributed by atoms with Crippen LogP contribution < -0.4 is 10.6 Å². The third-order valence-electron chi connectivity index (χ3n) is 3.82. The van der Waals surface area contributed by atoms with E-state index in [-0.39, 0.29) is 12.5 Å². The molecule has 23 heavy (non-hydrogen) atoms. The van der Waals surface area contributed by atoms with Crippen molar-refractivity contribution < 1.29 is 14.7 Å². The first-order valence-electron chi connectivity index (χ1n) is 7.88. The Hall–Kier alpha value is -1.88. The maximum absolute atomic E-state index is 12.0. The highest BCUT2D eigenvalue weighted by molar-refractivity contribution is 6.39.